The molecule has 0 aromatic carbocycles. The standard InChI is InChI=1S/C22H27N5O5S/c1-26(2)20(32)18(30)25-22-8-5-13(6-9-22)12-27-19(31)16(28)15(24-21(22)27)17(29)23-10-7-14-4-3-11-33-14/h3-4,11,13,28H,5-10,12H2,1-2H3,(H,23,29)(H,25,30). The van der Waals surface area contributed by atoms with Crippen LogP contribution < -0.4 is 16.2 Å². The summed E-state index contributed by atoms with van der Waals surface area (Å²) < 4.78 is 1.35. The molecule has 11 heteroatoms. The molecule has 2 aliphatic heterocycles. The number of fused-ring (bicyclic) bond motifs is 2. The van der Waals surface area contributed by atoms with Crippen molar-refractivity contribution >= 4 is 29.1 Å². The van der Waals surface area contributed by atoms with Gasteiger partial charge in [-0.15, -0.1) is 11.3 Å². The van der Waals surface area contributed by atoms with Crippen molar-refractivity contribution in [3.8, 4) is 5.75 Å². The van der Waals surface area contributed by atoms with E-state index in [1.54, 1.807) is 11.3 Å². The first kappa shape index (κ1) is 23.0. The van der Waals surface area contributed by atoms with E-state index in [4.69, 9.17) is 0 Å². The molecule has 0 saturated heterocycles. The third kappa shape index (κ3) is 4.37. The minimum atomic E-state index is -1.06. The first-order valence-electron chi connectivity index (χ1n) is 10.9. The van der Waals surface area contributed by atoms with Gasteiger partial charge in [0.15, 0.2) is 5.69 Å². The molecule has 1 aliphatic carbocycles. The van der Waals surface area contributed by atoms with Gasteiger partial charge in [0, 0.05) is 32.1 Å². The average Bonchev–Trinajstić information content (AvgIpc) is 3.20. The van der Waals surface area contributed by atoms with Crippen molar-refractivity contribution < 1.29 is 19.5 Å². The van der Waals surface area contributed by atoms with Crippen molar-refractivity contribution in [1.29, 1.82) is 0 Å². The van der Waals surface area contributed by atoms with E-state index in [0.29, 0.717) is 32.4 Å². The van der Waals surface area contributed by atoms with E-state index in [-0.39, 0.29) is 17.4 Å². The molecule has 1 fully saturated rings. The van der Waals surface area contributed by atoms with Crippen LogP contribution in [-0.4, -0.2) is 57.9 Å². The van der Waals surface area contributed by atoms with Gasteiger partial charge >= 0.3 is 11.8 Å². The lowest BCUT2D eigenvalue weighted by molar-refractivity contribution is -0.145. The molecule has 3 amide bonds. The number of thiophene rings is 1. The van der Waals surface area contributed by atoms with Crippen molar-refractivity contribution in [1.82, 2.24) is 25.1 Å². The van der Waals surface area contributed by atoms with Gasteiger partial charge in [-0.2, -0.15) is 0 Å². The van der Waals surface area contributed by atoms with Crippen LogP contribution in [0.3, 0.4) is 0 Å². The summed E-state index contributed by atoms with van der Waals surface area (Å²) in [6.07, 6.45) is 3.04. The van der Waals surface area contributed by atoms with Crippen LogP contribution >= 0.6 is 11.3 Å². The van der Waals surface area contributed by atoms with Crippen LogP contribution in [0, 0.1) is 5.92 Å². The summed E-state index contributed by atoms with van der Waals surface area (Å²) in [5.74, 6) is -2.47. The SMILES string of the molecule is CN(C)C(=O)C(=O)NC12CCC(CC1)Cn1c2nc(C(=O)NCCc2cccs2)c(O)c1=O. The Morgan fingerprint density at radius 1 is 1.30 bits per heavy atom. The molecule has 0 unspecified atom stereocenters. The van der Waals surface area contributed by atoms with Gasteiger partial charge in [0.25, 0.3) is 11.5 Å². The molecule has 2 aromatic rings. The highest BCUT2D eigenvalue weighted by Crippen LogP contribution is 2.42. The Labute approximate surface area is 194 Å². The van der Waals surface area contributed by atoms with Crippen LogP contribution in [0.2, 0.25) is 0 Å². The smallest absolute Gasteiger partial charge is 0.311 e. The largest absolute Gasteiger partial charge is 0.501 e. The maximum atomic E-state index is 13.0. The van der Waals surface area contributed by atoms with E-state index in [1.165, 1.54) is 23.6 Å². The number of nitrogens with one attached hydrogen (secondary N) is 2. The molecule has 2 aromatic heterocycles. The molecular weight excluding hydrogens is 446 g/mol. The molecule has 2 bridgehead atoms. The maximum Gasteiger partial charge on any atom is 0.311 e. The number of carbonyl (C=O) groups is 3. The molecule has 0 radical (unpaired) electrons. The maximum absolute atomic E-state index is 13.0. The first-order valence-corrected chi connectivity index (χ1v) is 11.8. The summed E-state index contributed by atoms with van der Waals surface area (Å²) in [7, 11) is 2.97. The minimum absolute atomic E-state index is 0.185. The zero-order valence-electron chi connectivity index (χ0n) is 18.6. The molecule has 1 saturated carbocycles. The normalized spacial score (nSPS) is 21.1. The summed E-state index contributed by atoms with van der Waals surface area (Å²) in [4.78, 5) is 57.4. The highest BCUT2D eigenvalue weighted by molar-refractivity contribution is 7.09. The Kier molecular flexibility index (Phi) is 6.24. The molecule has 3 aliphatic rings. The van der Waals surface area contributed by atoms with Gasteiger partial charge in [0.1, 0.15) is 5.82 Å². The molecule has 0 atom stereocenters. The van der Waals surface area contributed by atoms with Crippen molar-refractivity contribution in [2.45, 2.75) is 44.2 Å². The Bertz CT molecular complexity index is 1130. The lowest BCUT2D eigenvalue weighted by atomic mass is 9.77. The number of aromatic nitrogens is 2. The van der Waals surface area contributed by atoms with Crippen LogP contribution in [0.25, 0.3) is 0 Å². The molecule has 0 spiro atoms. The van der Waals surface area contributed by atoms with Crippen LogP contribution in [0.4, 0.5) is 0 Å². The lowest BCUT2D eigenvalue weighted by Crippen LogP contribution is -2.53. The quantitative estimate of drug-likeness (QED) is 0.544. The monoisotopic (exact) mass is 473 g/mol. The number of likely N-dealkylation sites (N-methyl/N-ethyl adjacent to an activating group) is 1. The zero-order chi connectivity index (χ0) is 23.8. The predicted octanol–water partition coefficient (Wildman–Crippen LogP) is 0.586. The fourth-order valence-electron chi connectivity index (χ4n) is 4.56. The predicted molar refractivity (Wildman–Crippen MR) is 121 cm³/mol. The molecule has 33 heavy (non-hydrogen) atoms. The third-order valence-electron chi connectivity index (χ3n) is 6.38. The fraction of sp³-hybridized carbons (Fsp3) is 0.500. The van der Waals surface area contributed by atoms with Gasteiger partial charge in [0.2, 0.25) is 5.75 Å². The van der Waals surface area contributed by atoms with E-state index < -0.39 is 34.6 Å². The van der Waals surface area contributed by atoms with Crippen molar-refractivity contribution in [2.24, 2.45) is 5.92 Å². The van der Waals surface area contributed by atoms with E-state index in [0.717, 1.165) is 17.7 Å². The van der Waals surface area contributed by atoms with Gasteiger partial charge in [0.05, 0.1) is 5.54 Å². The number of nitrogens with zero attached hydrogens (tertiary/aromatic N) is 3. The topological polar surface area (TPSA) is 134 Å². The Morgan fingerprint density at radius 3 is 2.67 bits per heavy atom. The van der Waals surface area contributed by atoms with Gasteiger partial charge < -0.3 is 20.6 Å². The van der Waals surface area contributed by atoms with E-state index in [9.17, 15) is 24.3 Å². The van der Waals surface area contributed by atoms with Gasteiger partial charge in [-0.25, -0.2) is 4.98 Å². The fourth-order valence-corrected chi connectivity index (χ4v) is 5.27. The Hall–Kier alpha value is -3.21. The molecule has 176 valence electrons. The number of aromatic hydroxyl groups is 1. The van der Waals surface area contributed by atoms with Crippen LogP contribution in [0.15, 0.2) is 22.3 Å². The number of carbonyl (C=O) groups excluding carboxylic acids is 3. The van der Waals surface area contributed by atoms with Crippen LogP contribution in [-0.2, 0) is 28.1 Å². The zero-order valence-corrected chi connectivity index (χ0v) is 19.4. The highest BCUT2D eigenvalue weighted by atomic mass is 32.1. The van der Waals surface area contributed by atoms with Crippen LogP contribution in [0.1, 0.15) is 46.9 Å². The second-order valence-electron chi connectivity index (χ2n) is 8.81. The molecule has 5 rings (SSSR count). The Balaban J connectivity index is 1.67. The third-order valence-corrected chi connectivity index (χ3v) is 7.31. The second kappa shape index (κ2) is 8.97. The molecule has 10 nitrogen and oxygen atoms in total. The highest BCUT2D eigenvalue weighted by Gasteiger charge is 2.46. The van der Waals surface area contributed by atoms with E-state index in [1.807, 2.05) is 17.5 Å². The van der Waals surface area contributed by atoms with Crippen molar-refractivity contribution in [2.75, 3.05) is 20.6 Å². The van der Waals surface area contributed by atoms with Crippen molar-refractivity contribution in [3.05, 3.63) is 44.3 Å². The summed E-state index contributed by atoms with van der Waals surface area (Å²) in [6.45, 7) is 0.661. The molecule has 3 N–H and O–H groups in total. The van der Waals surface area contributed by atoms with Gasteiger partial charge in [-0.3, -0.25) is 23.7 Å². The summed E-state index contributed by atoms with van der Waals surface area (Å²) in [6, 6.07) is 3.88. The summed E-state index contributed by atoms with van der Waals surface area (Å²) >= 11 is 1.57. The number of rotatable bonds is 5. The minimum Gasteiger partial charge on any atom is -0.501 e. The number of hydrogen-bond donors (Lipinski definition) is 3. The second-order valence-corrected chi connectivity index (χ2v) is 9.85. The molecule has 4 heterocycles. The summed E-state index contributed by atoms with van der Waals surface area (Å²) in [5.41, 5.74) is -2.14. The van der Waals surface area contributed by atoms with Gasteiger partial charge in [-0.1, -0.05) is 6.07 Å². The number of hydrogen-bond acceptors (Lipinski definition) is 7. The van der Waals surface area contributed by atoms with Crippen LogP contribution in [0.5, 0.6) is 5.75 Å². The Morgan fingerprint density at radius 2 is 2.03 bits per heavy atom. The first-order chi connectivity index (χ1) is 15.7. The van der Waals surface area contributed by atoms with Gasteiger partial charge in [-0.05, 0) is 49.5 Å². The van der Waals surface area contributed by atoms with E-state index in [2.05, 4.69) is 15.6 Å². The average molecular weight is 474 g/mol. The van der Waals surface area contributed by atoms with E-state index >= 15 is 0 Å². The molecular formula is C22H27N5O5S. The van der Waals surface area contributed by atoms with Crippen molar-refractivity contribution in [3.63, 3.8) is 0 Å². The number of amides is 3. The summed E-state index contributed by atoms with van der Waals surface area (Å²) in [5, 5.41) is 18.0. The lowest BCUT2D eigenvalue weighted by Gasteiger charge is -2.37.